The van der Waals surface area contributed by atoms with E-state index in [2.05, 4.69) is 33.0 Å². The number of rotatable bonds is 4. The van der Waals surface area contributed by atoms with Gasteiger partial charge in [-0.15, -0.1) is 5.10 Å². The van der Waals surface area contributed by atoms with Crippen LogP contribution in [-0.2, 0) is 0 Å². The summed E-state index contributed by atoms with van der Waals surface area (Å²) in [6.45, 7) is 2.72. The second kappa shape index (κ2) is 5.61. The van der Waals surface area contributed by atoms with E-state index in [1.54, 1.807) is 4.68 Å². The molecule has 0 spiro atoms. The van der Waals surface area contributed by atoms with E-state index in [1.165, 1.54) is 19.2 Å². The first kappa shape index (κ1) is 14.1. The first-order chi connectivity index (χ1) is 11.2. The lowest BCUT2D eigenvalue weighted by atomic mass is 9.93. The van der Waals surface area contributed by atoms with Gasteiger partial charge in [-0.1, -0.05) is 18.2 Å². The van der Waals surface area contributed by atoms with Crippen LogP contribution >= 0.6 is 0 Å². The first-order valence-corrected chi connectivity index (χ1v) is 8.01. The Bertz CT molecular complexity index is 752. The number of hydrogen-bond acceptors (Lipinski definition) is 4. The molecule has 0 unspecified atom stereocenters. The van der Waals surface area contributed by atoms with Crippen LogP contribution in [0.15, 0.2) is 36.7 Å². The number of carbonyl (C=O) groups is 1. The van der Waals surface area contributed by atoms with Crippen LogP contribution in [0.25, 0.3) is 5.69 Å². The monoisotopic (exact) mass is 309 g/mol. The normalized spacial score (nSPS) is 25.0. The maximum absolute atomic E-state index is 12.5. The molecule has 4 rings (SSSR count). The number of benzene rings is 1. The van der Waals surface area contributed by atoms with Crippen LogP contribution in [0.3, 0.4) is 0 Å². The van der Waals surface area contributed by atoms with Crippen LogP contribution in [0, 0.1) is 24.7 Å². The summed E-state index contributed by atoms with van der Waals surface area (Å²) >= 11 is 0. The van der Waals surface area contributed by atoms with Gasteiger partial charge in [0.05, 0.1) is 5.69 Å². The molecular weight excluding hydrogens is 290 g/mol. The van der Waals surface area contributed by atoms with Crippen LogP contribution in [0.2, 0.25) is 0 Å². The molecule has 2 aliphatic rings. The van der Waals surface area contributed by atoms with E-state index in [-0.39, 0.29) is 5.91 Å². The summed E-state index contributed by atoms with van der Waals surface area (Å²) in [4.78, 5) is 12.5. The maximum atomic E-state index is 12.5. The number of nitrogens with one attached hydrogen (secondary N) is 1. The zero-order chi connectivity index (χ0) is 15.8. The van der Waals surface area contributed by atoms with E-state index in [0.717, 1.165) is 23.7 Å². The third kappa shape index (κ3) is 2.65. The second-order valence-electron chi connectivity index (χ2n) is 6.51. The molecule has 2 bridgehead atoms. The minimum atomic E-state index is -0.0360. The van der Waals surface area contributed by atoms with Crippen molar-refractivity contribution in [2.45, 2.75) is 19.8 Å². The maximum Gasteiger partial charge on any atom is 0.251 e. The molecule has 1 saturated carbocycles. The van der Waals surface area contributed by atoms with Crippen molar-refractivity contribution in [1.29, 1.82) is 0 Å². The molecule has 6 nitrogen and oxygen atoms in total. The largest absolute Gasteiger partial charge is 0.352 e. The molecule has 1 N–H and O–H groups in total. The Hall–Kier alpha value is -2.50. The van der Waals surface area contributed by atoms with Crippen molar-refractivity contribution in [1.82, 2.24) is 25.5 Å². The minimum absolute atomic E-state index is 0.0360. The van der Waals surface area contributed by atoms with Crippen LogP contribution in [0.5, 0.6) is 0 Å². The van der Waals surface area contributed by atoms with Gasteiger partial charge in [0.25, 0.3) is 5.91 Å². The molecule has 23 heavy (non-hydrogen) atoms. The molecule has 0 radical (unpaired) electrons. The molecule has 3 atom stereocenters. The van der Waals surface area contributed by atoms with Crippen molar-refractivity contribution < 1.29 is 4.79 Å². The first-order valence-electron chi connectivity index (χ1n) is 8.01. The molecular formula is C17H19N5O. The fourth-order valence-electron chi connectivity index (χ4n) is 3.72. The van der Waals surface area contributed by atoms with Gasteiger partial charge in [-0.05, 0) is 65.6 Å². The lowest BCUT2D eigenvalue weighted by Crippen LogP contribution is -2.31. The van der Waals surface area contributed by atoms with E-state index < -0.39 is 0 Å². The van der Waals surface area contributed by atoms with Crippen molar-refractivity contribution in [2.75, 3.05) is 6.54 Å². The number of aryl methyl sites for hydroxylation is 1. The Morgan fingerprint density at radius 2 is 2.26 bits per heavy atom. The van der Waals surface area contributed by atoms with Crippen LogP contribution in [-0.4, -0.2) is 32.7 Å². The van der Waals surface area contributed by atoms with Gasteiger partial charge in [-0.3, -0.25) is 4.79 Å². The number of allylic oxidation sites excluding steroid dienone is 2. The van der Waals surface area contributed by atoms with E-state index in [0.29, 0.717) is 17.4 Å². The average molecular weight is 309 g/mol. The van der Waals surface area contributed by atoms with Gasteiger partial charge < -0.3 is 5.32 Å². The third-order valence-electron chi connectivity index (χ3n) is 5.01. The van der Waals surface area contributed by atoms with E-state index in [9.17, 15) is 4.79 Å². The van der Waals surface area contributed by atoms with Gasteiger partial charge in [0.1, 0.15) is 6.33 Å². The molecule has 1 aromatic heterocycles. The van der Waals surface area contributed by atoms with Crippen LogP contribution < -0.4 is 5.32 Å². The van der Waals surface area contributed by atoms with Gasteiger partial charge in [0.15, 0.2) is 0 Å². The van der Waals surface area contributed by atoms with E-state index in [1.807, 2.05) is 25.1 Å². The Kier molecular flexibility index (Phi) is 3.44. The van der Waals surface area contributed by atoms with Crippen molar-refractivity contribution >= 4 is 5.91 Å². The Morgan fingerprint density at radius 1 is 1.35 bits per heavy atom. The number of tetrazole rings is 1. The van der Waals surface area contributed by atoms with Crippen molar-refractivity contribution in [3.05, 3.63) is 47.8 Å². The topological polar surface area (TPSA) is 72.7 Å². The fourth-order valence-corrected chi connectivity index (χ4v) is 3.72. The van der Waals surface area contributed by atoms with Crippen molar-refractivity contribution in [2.24, 2.45) is 17.8 Å². The number of nitrogens with zero attached hydrogens (tertiary/aromatic N) is 4. The highest BCUT2D eigenvalue weighted by molar-refractivity contribution is 5.94. The zero-order valence-electron chi connectivity index (χ0n) is 13.0. The highest BCUT2D eigenvalue weighted by atomic mass is 16.1. The zero-order valence-corrected chi connectivity index (χ0v) is 13.0. The lowest BCUT2D eigenvalue weighted by molar-refractivity contribution is 0.0945. The van der Waals surface area contributed by atoms with E-state index >= 15 is 0 Å². The Morgan fingerprint density at radius 3 is 2.96 bits per heavy atom. The SMILES string of the molecule is Cc1ccc(C(=O)NC[C@H]2C[C@H]3C=C[C@H]2C3)cc1-n1cnnn1. The molecule has 2 aliphatic carbocycles. The lowest BCUT2D eigenvalue weighted by Gasteiger charge is -2.18. The molecule has 1 fully saturated rings. The predicted molar refractivity (Wildman–Crippen MR) is 85.1 cm³/mol. The number of hydrogen-bond donors (Lipinski definition) is 1. The molecule has 1 aromatic carbocycles. The second-order valence-corrected chi connectivity index (χ2v) is 6.51. The predicted octanol–water partition coefficient (Wildman–Crippen LogP) is 1.91. The summed E-state index contributed by atoms with van der Waals surface area (Å²) in [7, 11) is 0. The summed E-state index contributed by atoms with van der Waals surface area (Å²) in [5.74, 6) is 1.92. The van der Waals surface area contributed by atoms with Gasteiger partial charge in [-0.2, -0.15) is 0 Å². The van der Waals surface area contributed by atoms with Crippen molar-refractivity contribution in [3.63, 3.8) is 0 Å². The fraction of sp³-hybridized carbons (Fsp3) is 0.412. The smallest absolute Gasteiger partial charge is 0.251 e. The van der Waals surface area contributed by atoms with Gasteiger partial charge in [0, 0.05) is 12.1 Å². The molecule has 0 aliphatic heterocycles. The molecule has 0 saturated heterocycles. The summed E-state index contributed by atoms with van der Waals surface area (Å²) in [5, 5.41) is 14.3. The van der Waals surface area contributed by atoms with E-state index in [4.69, 9.17) is 0 Å². The number of fused-ring (bicyclic) bond motifs is 2. The standard InChI is InChI=1S/C17H19N5O/c1-11-2-4-14(8-16(11)22-10-19-20-21-22)17(23)18-9-15-7-12-3-5-13(15)6-12/h2-5,8,10,12-13,15H,6-7,9H2,1H3,(H,18,23)/t12-,13-,15+/m0/s1. The minimum Gasteiger partial charge on any atom is -0.352 e. The average Bonchev–Trinajstić information content (AvgIpc) is 3.30. The van der Waals surface area contributed by atoms with Gasteiger partial charge in [-0.25, -0.2) is 4.68 Å². The number of amides is 1. The summed E-state index contributed by atoms with van der Waals surface area (Å²) in [6.07, 6.45) is 8.62. The molecule has 118 valence electrons. The van der Waals surface area contributed by atoms with Crippen LogP contribution in [0.4, 0.5) is 0 Å². The quantitative estimate of drug-likeness (QED) is 0.876. The molecule has 6 heteroatoms. The van der Waals surface area contributed by atoms with Gasteiger partial charge in [0.2, 0.25) is 0 Å². The van der Waals surface area contributed by atoms with Gasteiger partial charge >= 0.3 is 0 Å². The summed E-state index contributed by atoms with van der Waals surface area (Å²) in [6, 6.07) is 5.60. The highest BCUT2D eigenvalue weighted by Gasteiger charge is 2.35. The highest BCUT2D eigenvalue weighted by Crippen LogP contribution is 2.42. The third-order valence-corrected chi connectivity index (χ3v) is 5.01. The molecule has 1 heterocycles. The summed E-state index contributed by atoms with van der Waals surface area (Å²) in [5.41, 5.74) is 2.48. The summed E-state index contributed by atoms with van der Waals surface area (Å²) < 4.78 is 1.58. The van der Waals surface area contributed by atoms with Crippen LogP contribution in [0.1, 0.15) is 28.8 Å². The number of carbonyl (C=O) groups excluding carboxylic acids is 1. The molecule has 2 aromatic rings. The van der Waals surface area contributed by atoms with Crippen molar-refractivity contribution in [3.8, 4) is 5.69 Å². The molecule has 1 amide bonds. The Balaban J connectivity index is 1.46. The number of aromatic nitrogens is 4. The Labute approximate surface area is 134 Å².